The van der Waals surface area contributed by atoms with Crippen molar-refractivity contribution in [2.45, 2.75) is 33.0 Å². The zero-order valence-electron chi connectivity index (χ0n) is 13.9. The summed E-state index contributed by atoms with van der Waals surface area (Å²) in [6, 6.07) is 3.13. The van der Waals surface area contributed by atoms with Gasteiger partial charge in [-0.25, -0.2) is 0 Å². The quantitative estimate of drug-likeness (QED) is 0.815. The second kappa shape index (κ2) is 8.00. The van der Waals surface area contributed by atoms with E-state index >= 15 is 0 Å². The molecular weight excluding hydrogens is 341 g/mol. The van der Waals surface area contributed by atoms with Crippen LogP contribution in [0.3, 0.4) is 0 Å². The van der Waals surface area contributed by atoms with E-state index in [4.69, 9.17) is 5.11 Å². The summed E-state index contributed by atoms with van der Waals surface area (Å²) in [4.78, 5) is 35.8. The Morgan fingerprint density at radius 2 is 1.76 bits per heavy atom. The zero-order chi connectivity index (χ0) is 19.4. The summed E-state index contributed by atoms with van der Waals surface area (Å²) in [6.07, 6.45) is -4.72. The number of nitrogens with zero attached hydrogens (tertiary/aromatic N) is 1. The molecule has 0 aliphatic heterocycles. The minimum atomic E-state index is -4.72. The first-order chi connectivity index (χ1) is 11.5. The van der Waals surface area contributed by atoms with E-state index in [0.717, 1.165) is 24.0 Å². The van der Waals surface area contributed by atoms with Gasteiger partial charge in [0.2, 0.25) is 11.8 Å². The van der Waals surface area contributed by atoms with Crippen LogP contribution in [0.2, 0.25) is 0 Å². The third-order valence-electron chi connectivity index (χ3n) is 3.40. The predicted octanol–water partition coefficient (Wildman–Crippen LogP) is 2.28. The number of rotatable bonds is 6. The molecule has 0 spiro atoms. The van der Waals surface area contributed by atoms with Gasteiger partial charge >= 0.3 is 12.1 Å². The van der Waals surface area contributed by atoms with Crippen LogP contribution in [-0.2, 0) is 20.6 Å². The van der Waals surface area contributed by atoms with Crippen molar-refractivity contribution < 1.29 is 32.7 Å². The van der Waals surface area contributed by atoms with Crippen molar-refractivity contribution in [2.24, 2.45) is 5.92 Å². The minimum Gasteiger partial charge on any atom is -0.480 e. The average Bonchev–Trinajstić information content (AvgIpc) is 2.48. The van der Waals surface area contributed by atoms with Crippen LogP contribution in [0, 0.1) is 5.92 Å². The number of para-hydroxylation sites is 1. The Morgan fingerprint density at radius 3 is 2.20 bits per heavy atom. The van der Waals surface area contributed by atoms with Crippen LogP contribution >= 0.6 is 0 Å². The molecule has 1 atom stereocenters. The van der Waals surface area contributed by atoms with Gasteiger partial charge in [-0.3, -0.25) is 19.3 Å². The normalized spacial score (nSPS) is 12.6. The number of carbonyl (C=O) groups excluding carboxylic acids is 2. The molecule has 6 nitrogen and oxygen atoms in total. The van der Waals surface area contributed by atoms with Crippen molar-refractivity contribution in [2.75, 3.05) is 11.4 Å². The van der Waals surface area contributed by atoms with E-state index < -0.39 is 53.7 Å². The highest BCUT2D eigenvalue weighted by atomic mass is 19.4. The van der Waals surface area contributed by atoms with Crippen molar-refractivity contribution in [3.8, 4) is 0 Å². The summed E-state index contributed by atoms with van der Waals surface area (Å²) in [5.41, 5.74) is -1.51. The molecule has 0 saturated carbocycles. The van der Waals surface area contributed by atoms with Crippen LogP contribution in [0.5, 0.6) is 0 Å². The smallest absolute Gasteiger partial charge is 0.418 e. The highest BCUT2D eigenvalue weighted by Gasteiger charge is 2.39. The Morgan fingerprint density at radius 1 is 1.20 bits per heavy atom. The Labute approximate surface area is 142 Å². The maximum absolute atomic E-state index is 13.3. The van der Waals surface area contributed by atoms with Gasteiger partial charge < -0.3 is 10.4 Å². The van der Waals surface area contributed by atoms with Crippen LogP contribution in [0.25, 0.3) is 0 Å². The Balaban J connectivity index is 3.40. The summed E-state index contributed by atoms with van der Waals surface area (Å²) in [5, 5.41) is 10.8. The Bertz CT molecular complexity index is 659. The van der Waals surface area contributed by atoms with Gasteiger partial charge in [0.1, 0.15) is 12.6 Å². The van der Waals surface area contributed by atoms with Gasteiger partial charge in [-0.2, -0.15) is 13.2 Å². The van der Waals surface area contributed by atoms with Gasteiger partial charge in [0.05, 0.1) is 11.3 Å². The molecule has 0 bridgehead atoms. The van der Waals surface area contributed by atoms with Gasteiger partial charge in [-0.05, 0) is 18.1 Å². The largest absolute Gasteiger partial charge is 0.480 e. The number of nitrogens with one attached hydrogen (secondary N) is 1. The molecule has 0 radical (unpaired) electrons. The van der Waals surface area contributed by atoms with E-state index in [1.54, 1.807) is 13.8 Å². The maximum atomic E-state index is 13.3. The molecule has 0 saturated heterocycles. The molecule has 0 aromatic heterocycles. The third-order valence-corrected chi connectivity index (χ3v) is 3.40. The number of benzene rings is 1. The van der Waals surface area contributed by atoms with Crippen molar-refractivity contribution in [3.63, 3.8) is 0 Å². The van der Waals surface area contributed by atoms with Crippen molar-refractivity contribution in [1.82, 2.24) is 5.32 Å². The minimum absolute atomic E-state index is 0.452. The topological polar surface area (TPSA) is 86.7 Å². The van der Waals surface area contributed by atoms with E-state index in [1.165, 1.54) is 12.1 Å². The molecule has 25 heavy (non-hydrogen) atoms. The van der Waals surface area contributed by atoms with E-state index in [1.807, 2.05) is 0 Å². The number of hydrogen-bond acceptors (Lipinski definition) is 3. The molecule has 138 valence electrons. The molecular formula is C16H19F3N2O4. The number of alkyl halides is 3. The molecule has 2 N–H and O–H groups in total. The second-order valence-corrected chi connectivity index (χ2v) is 5.70. The fraction of sp³-hybridized carbons (Fsp3) is 0.438. The summed E-state index contributed by atoms with van der Waals surface area (Å²) in [7, 11) is 0. The summed E-state index contributed by atoms with van der Waals surface area (Å²) in [6.45, 7) is 3.45. The highest BCUT2D eigenvalue weighted by Crippen LogP contribution is 2.37. The van der Waals surface area contributed by atoms with Gasteiger partial charge in [0, 0.05) is 6.92 Å². The first kappa shape index (κ1) is 20.5. The van der Waals surface area contributed by atoms with Gasteiger partial charge in [0.25, 0.3) is 0 Å². The maximum Gasteiger partial charge on any atom is 0.418 e. The number of halogens is 3. The number of amides is 2. The second-order valence-electron chi connectivity index (χ2n) is 5.70. The first-order valence-corrected chi connectivity index (χ1v) is 7.42. The fourth-order valence-corrected chi connectivity index (χ4v) is 2.42. The monoisotopic (exact) mass is 360 g/mol. The lowest BCUT2D eigenvalue weighted by atomic mass is 9.99. The van der Waals surface area contributed by atoms with Crippen LogP contribution < -0.4 is 10.2 Å². The van der Waals surface area contributed by atoms with Crippen LogP contribution in [0.4, 0.5) is 18.9 Å². The zero-order valence-corrected chi connectivity index (χ0v) is 13.9. The Hall–Kier alpha value is -2.58. The van der Waals surface area contributed by atoms with Gasteiger partial charge in [0.15, 0.2) is 0 Å². The van der Waals surface area contributed by atoms with E-state index in [9.17, 15) is 27.6 Å². The summed E-state index contributed by atoms with van der Waals surface area (Å²) < 4.78 is 39.8. The molecule has 2 amide bonds. The lowest BCUT2D eigenvalue weighted by Crippen LogP contribution is -2.53. The van der Waals surface area contributed by atoms with Gasteiger partial charge in [-0.1, -0.05) is 26.0 Å². The molecule has 0 aliphatic carbocycles. The number of anilines is 1. The fourth-order valence-electron chi connectivity index (χ4n) is 2.42. The average molecular weight is 360 g/mol. The number of carboxylic acid groups (broad SMARTS) is 1. The molecule has 0 heterocycles. The molecule has 0 aliphatic rings. The molecule has 1 aromatic rings. The van der Waals surface area contributed by atoms with Crippen molar-refractivity contribution >= 4 is 23.5 Å². The van der Waals surface area contributed by atoms with Crippen LogP contribution in [0.1, 0.15) is 26.3 Å². The van der Waals surface area contributed by atoms with Crippen LogP contribution in [0.15, 0.2) is 24.3 Å². The lowest BCUT2D eigenvalue weighted by molar-refractivity contribution is -0.138. The molecule has 9 heteroatoms. The van der Waals surface area contributed by atoms with Crippen molar-refractivity contribution in [3.05, 3.63) is 29.8 Å². The highest BCUT2D eigenvalue weighted by molar-refractivity contribution is 6.01. The Kier molecular flexibility index (Phi) is 6.55. The summed E-state index contributed by atoms with van der Waals surface area (Å²) >= 11 is 0. The predicted molar refractivity (Wildman–Crippen MR) is 83.9 cm³/mol. The lowest BCUT2D eigenvalue weighted by Gasteiger charge is -2.34. The van der Waals surface area contributed by atoms with E-state index in [2.05, 4.69) is 5.32 Å². The van der Waals surface area contributed by atoms with E-state index in [-0.39, 0.29) is 0 Å². The van der Waals surface area contributed by atoms with Crippen LogP contribution in [-0.4, -0.2) is 35.5 Å². The van der Waals surface area contributed by atoms with E-state index in [0.29, 0.717) is 0 Å². The molecule has 1 unspecified atom stereocenters. The first-order valence-electron chi connectivity index (χ1n) is 7.42. The van der Waals surface area contributed by atoms with Gasteiger partial charge in [-0.15, -0.1) is 0 Å². The van der Waals surface area contributed by atoms with Crippen molar-refractivity contribution in [1.29, 1.82) is 0 Å². The molecule has 1 aromatic carbocycles. The molecule has 0 fully saturated rings. The number of hydrogen-bond donors (Lipinski definition) is 2. The number of carboxylic acids is 1. The number of aliphatic carboxylic acids is 1. The molecule has 1 rings (SSSR count). The number of carbonyl (C=O) groups is 3. The summed E-state index contributed by atoms with van der Waals surface area (Å²) in [5.74, 6) is -3.47. The third kappa shape index (κ3) is 5.20. The standard InChI is InChI=1S/C16H19F3N2O4/c1-9(2)14(15(25)20-8-13(23)24)21(10(3)22)12-7-5-4-6-11(12)16(17,18)19/h4-7,9,14H,8H2,1-3H3,(H,20,25)(H,23,24). The SMILES string of the molecule is CC(=O)N(c1ccccc1C(F)(F)F)C(C(=O)NCC(=O)O)C(C)C.